The first kappa shape index (κ1) is 42.5. The fourth-order valence-electron chi connectivity index (χ4n) is 2.06. The Balaban J connectivity index is 0.000000575. The first-order valence-corrected chi connectivity index (χ1v) is 42.5. The standard InChI is InChI=1S/2C8H5F3N4.6ClH.2K.2Pt/c2*9-8(10,11)7-3-5(14-15-7)6-4-12-1-2-13-6;;;;;;;;;;/h2*1-4H,(H,14,15);6*1H;;;;/q;;;;;;;;;;+2;+4/p-6. The molecule has 4 aromatic rings. The molecule has 0 fully saturated rings. The van der Waals surface area contributed by atoms with Crippen LogP contribution >= 0.6 is 56.5 Å². The Bertz CT molecular complexity index is 1130. The summed E-state index contributed by atoms with van der Waals surface area (Å²) in [4.78, 5) is 15.1. The molecule has 8 nitrogen and oxygen atoms in total. The summed E-state index contributed by atoms with van der Waals surface area (Å²) < 4.78 is 73.3. The van der Waals surface area contributed by atoms with Gasteiger partial charge in [0.15, 0.2) is 0 Å². The number of rotatable bonds is 2. The van der Waals surface area contributed by atoms with Gasteiger partial charge >= 0.3 is 160 Å². The van der Waals surface area contributed by atoms with Gasteiger partial charge in [0.2, 0.25) is 0 Å². The molecule has 0 aromatic carbocycles. The molecule has 0 radical (unpaired) electrons. The summed E-state index contributed by atoms with van der Waals surface area (Å²) in [5.41, 5.74) is -0.967. The van der Waals surface area contributed by atoms with Gasteiger partial charge in [-0.05, 0) is 12.1 Å². The number of hydrogen-bond acceptors (Lipinski definition) is 6. The summed E-state index contributed by atoms with van der Waals surface area (Å²) >= 11 is -1.03. The minimum absolute atomic E-state index is 0.121. The van der Waals surface area contributed by atoms with Crippen LogP contribution in [0.1, 0.15) is 11.4 Å². The van der Waals surface area contributed by atoms with Gasteiger partial charge in [0.25, 0.3) is 0 Å². The topological polar surface area (TPSA) is 109 Å². The minimum atomic E-state index is -4.42. The van der Waals surface area contributed by atoms with Gasteiger partial charge in [-0.3, -0.25) is 30.1 Å². The van der Waals surface area contributed by atoms with Crippen LogP contribution in [-0.2, 0) is 40.7 Å². The molecule has 2 N–H and O–H groups in total. The number of aromatic nitrogens is 8. The van der Waals surface area contributed by atoms with Crippen LogP contribution in [0, 0.1) is 0 Å². The van der Waals surface area contributed by atoms with Crippen molar-refractivity contribution in [2.24, 2.45) is 0 Å². The first-order chi connectivity index (χ1) is 18.6. The van der Waals surface area contributed by atoms with E-state index in [4.69, 9.17) is 56.5 Å². The van der Waals surface area contributed by atoms with E-state index in [9.17, 15) is 26.3 Å². The number of halogens is 12. The molecule has 0 atom stereocenters. The average Bonchev–Trinajstić information content (AvgIpc) is 3.57. The van der Waals surface area contributed by atoms with E-state index in [1.807, 2.05) is 10.2 Å². The maximum atomic E-state index is 12.2. The molecule has 0 spiro atoms. The Morgan fingerprint density at radius 3 is 1.15 bits per heavy atom. The Kier molecular flexibility index (Phi) is 23.6. The Hall–Kier alpha value is 2.55. The summed E-state index contributed by atoms with van der Waals surface area (Å²) in [7, 11) is 29.8. The molecule has 0 bridgehead atoms. The number of hydrogen-bond donors (Lipinski definition) is 2. The van der Waals surface area contributed by atoms with Crippen LogP contribution in [0.3, 0.4) is 0 Å². The SMILES string of the molecule is FC(F)(F)c1cc(-c2cnccn2)n[nH]1.FC(F)(F)c1cc(-c2cnccn2)n[nH]1.[Cl][Pt]([Cl])([Cl])[Cl].[Cl][Pt][Cl].[K][K]. The molecular formula is C16H10Cl6F6K2N8Pt2. The van der Waals surface area contributed by atoms with Crippen molar-refractivity contribution < 1.29 is 54.7 Å². The van der Waals surface area contributed by atoms with E-state index in [0.29, 0.717) is 11.4 Å². The predicted octanol–water partition coefficient (Wildman–Crippen LogP) is 7.14. The second-order valence-electron chi connectivity index (χ2n) is 5.83. The van der Waals surface area contributed by atoms with Crippen LogP contribution in [0.5, 0.6) is 0 Å². The van der Waals surface area contributed by atoms with E-state index in [2.05, 4.69) is 30.1 Å². The molecule has 0 unspecified atom stereocenters. The van der Waals surface area contributed by atoms with Crippen LogP contribution in [0.2, 0.25) is 0 Å². The Labute approximate surface area is 303 Å². The molecule has 0 saturated heterocycles. The Morgan fingerprint density at radius 2 is 0.950 bits per heavy atom. The summed E-state index contributed by atoms with van der Waals surface area (Å²) in [5.74, 6) is 0. The number of alkyl halides is 6. The quantitative estimate of drug-likeness (QED) is 0.163. The van der Waals surface area contributed by atoms with Crippen LogP contribution < -0.4 is 0 Å². The van der Waals surface area contributed by atoms with Crippen LogP contribution in [0.15, 0.2) is 49.3 Å². The third-order valence-corrected chi connectivity index (χ3v) is 3.42. The van der Waals surface area contributed by atoms with E-state index in [0.717, 1.165) is 12.1 Å². The zero-order valence-electron chi connectivity index (χ0n) is 19.5. The molecule has 0 aliphatic rings. The third kappa shape index (κ3) is 19.8. The van der Waals surface area contributed by atoms with E-state index in [1.165, 1.54) is 100 Å². The second-order valence-corrected chi connectivity index (χ2v) is 28.8. The van der Waals surface area contributed by atoms with Gasteiger partial charge in [-0.1, -0.05) is 0 Å². The van der Waals surface area contributed by atoms with Gasteiger partial charge in [-0.15, -0.1) is 0 Å². The first-order valence-electron chi connectivity index (χ1n) is 9.64. The van der Waals surface area contributed by atoms with Crippen molar-refractivity contribution >= 4 is 120 Å². The van der Waals surface area contributed by atoms with Crippen molar-refractivity contribution in [3.63, 3.8) is 0 Å². The van der Waals surface area contributed by atoms with Crippen molar-refractivity contribution in [2.75, 3.05) is 0 Å². The van der Waals surface area contributed by atoms with Crippen LogP contribution in [0.25, 0.3) is 22.8 Å². The molecule has 24 heteroatoms. The Morgan fingerprint density at radius 1 is 0.650 bits per heavy atom. The molecule has 0 saturated carbocycles. The van der Waals surface area contributed by atoms with Crippen molar-refractivity contribution in [1.82, 2.24) is 40.3 Å². The van der Waals surface area contributed by atoms with Crippen LogP contribution in [0.4, 0.5) is 26.3 Å². The summed E-state index contributed by atoms with van der Waals surface area (Å²) in [6, 6.07) is 1.79. The molecule has 0 amide bonds. The second kappa shape index (κ2) is 22.1. The molecule has 220 valence electrons. The molecule has 0 aliphatic carbocycles. The van der Waals surface area contributed by atoms with E-state index < -0.39 is 52.1 Å². The van der Waals surface area contributed by atoms with Crippen LogP contribution in [-0.4, -0.2) is 103 Å². The fraction of sp³-hybridized carbons (Fsp3) is 0.125. The van der Waals surface area contributed by atoms with Crippen molar-refractivity contribution in [3.8, 4) is 22.8 Å². The van der Waals surface area contributed by atoms with Crippen molar-refractivity contribution in [3.05, 3.63) is 60.7 Å². The van der Waals surface area contributed by atoms with Gasteiger partial charge in [-0.25, -0.2) is 0 Å². The number of H-pyrrole nitrogens is 2. The number of nitrogens with one attached hydrogen (secondary N) is 2. The normalized spacial score (nSPS) is 11.4. The van der Waals surface area contributed by atoms with Gasteiger partial charge in [-0.2, -0.15) is 36.5 Å². The monoisotopic (exact) mass is 1110 g/mol. The zero-order chi connectivity index (χ0) is 31.0. The summed E-state index contributed by atoms with van der Waals surface area (Å²) in [6.07, 6.45) is -0.524. The summed E-state index contributed by atoms with van der Waals surface area (Å²) in [6.45, 7) is 0. The van der Waals surface area contributed by atoms with Gasteiger partial charge in [0.05, 0.1) is 12.4 Å². The van der Waals surface area contributed by atoms with E-state index in [-0.39, 0.29) is 11.4 Å². The summed E-state index contributed by atoms with van der Waals surface area (Å²) in [5, 5.41) is 10.8. The molecule has 4 aromatic heterocycles. The average molecular weight is 1110 g/mol. The van der Waals surface area contributed by atoms with Gasteiger partial charge < -0.3 is 0 Å². The molecular weight excluding hydrogens is 1100 g/mol. The fourth-order valence-corrected chi connectivity index (χ4v) is 2.06. The molecule has 0 aliphatic heterocycles. The van der Waals surface area contributed by atoms with E-state index in [1.54, 1.807) is 0 Å². The van der Waals surface area contributed by atoms with E-state index >= 15 is 0 Å². The predicted molar refractivity (Wildman–Crippen MR) is 136 cm³/mol. The molecule has 4 rings (SSSR count). The molecule has 4 heterocycles. The number of nitrogens with zero attached hydrogens (tertiary/aromatic N) is 6. The number of aromatic amines is 2. The van der Waals surface area contributed by atoms with Gasteiger partial charge in [0, 0.05) is 24.8 Å². The maximum absolute atomic E-state index is 12.2. The third-order valence-electron chi connectivity index (χ3n) is 3.42. The zero-order valence-corrected chi connectivity index (χ0v) is 34.8. The molecule has 40 heavy (non-hydrogen) atoms. The van der Waals surface area contributed by atoms with Crippen molar-refractivity contribution in [2.45, 2.75) is 12.4 Å². The van der Waals surface area contributed by atoms with Crippen molar-refractivity contribution in [1.29, 1.82) is 0 Å². The van der Waals surface area contributed by atoms with Gasteiger partial charge in [0.1, 0.15) is 34.2 Å².